The Morgan fingerprint density at radius 3 is 1.92 bits per heavy atom. The molecule has 0 N–H and O–H groups in total. The summed E-state index contributed by atoms with van der Waals surface area (Å²) in [5.41, 5.74) is 0. The van der Waals surface area contributed by atoms with Gasteiger partial charge >= 0.3 is 5.97 Å². The molecule has 0 radical (unpaired) electrons. The number of cyclic esters (lactones) is 1. The first-order chi connectivity index (χ1) is 18.5. The minimum atomic E-state index is -3.47. The maximum Gasteiger partial charge on any atom is 0.306 e. The van der Waals surface area contributed by atoms with E-state index in [0.29, 0.717) is 30.8 Å². The van der Waals surface area contributed by atoms with Gasteiger partial charge in [-0.1, -0.05) is 107 Å². The van der Waals surface area contributed by atoms with Crippen LogP contribution in [0.5, 0.6) is 0 Å². The maximum atomic E-state index is 12.9. The van der Waals surface area contributed by atoms with E-state index in [2.05, 4.69) is 69.3 Å². The smallest absolute Gasteiger partial charge is 0.306 e. The fraction of sp³-hybridized carbons (Fsp3) is 0.406. The quantitative estimate of drug-likeness (QED) is 0.244. The molecule has 0 aliphatic carbocycles. The topological polar surface area (TPSA) is 69.7 Å². The van der Waals surface area contributed by atoms with Gasteiger partial charge in [-0.2, -0.15) is 0 Å². The van der Waals surface area contributed by atoms with Gasteiger partial charge in [0.2, 0.25) is 0 Å². The molecule has 1 fully saturated rings. The molecule has 39 heavy (non-hydrogen) atoms. The number of carbonyl (C=O) groups excluding carboxylic acids is 1. The molecule has 3 aromatic rings. The summed E-state index contributed by atoms with van der Waals surface area (Å²) in [6.07, 6.45) is 1.26. The molecule has 0 spiro atoms. The molecule has 0 aromatic heterocycles. The van der Waals surface area contributed by atoms with Crippen molar-refractivity contribution in [3.63, 3.8) is 0 Å². The van der Waals surface area contributed by atoms with E-state index in [9.17, 15) is 13.2 Å². The van der Waals surface area contributed by atoms with Crippen molar-refractivity contribution in [3.8, 4) is 0 Å². The lowest BCUT2D eigenvalue weighted by Gasteiger charge is -2.43. The van der Waals surface area contributed by atoms with Gasteiger partial charge in [0.1, 0.15) is 6.10 Å². The Morgan fingerprint density at radius 2 is 1.41 bits per heavy atom. The number of ether oxygens (including phenoxy) is 1. The van der Waals surface area contributed by atoms with Crippen LogP contribution in [0.1, 0.15) is 47.0 Å². The lowest BCUT2D eigenvalue weighted by atomic mass is 9.88. The van der Waals surface area contributed by atoms with Crippen LogP contribution < -0.4 is 10.4 Å². The molecule has 0 saturated carbocycles. The summed E-state index contributed by atoms with van der Waals surface area (Å²) in [4.78, 5) is 12.9. The minimum Gasteiger partial charge on any atom is -0.462 e. The fourth-order valence-corrected chi connectivity index (χ4v) is 12.0. The Kier molecular flexibility index (Phi) is 9.14. The van der Waals surface area contributed by atoms with E-state index in [-0.39, 0.29) is 28.6 Å². The zero-order valence-corrected chi connectivity index (χ0v) is 25.2. The summed E-state index contributed by atoms with van der Waals surface area (Å²) in [5.74, 6) is -0.540. The Labute approximate surface area is 234 Å². The highest BCUT2D eigenvalue weighted by atomic mass is 32.2. The first-order valence-corrected chi connectivity index (χ1v) is 17.3. The third-order valence-corrected chi connectivity index (χ3v) is 14.8. The predicted octanol–water partition coefficient (Wildman–Crippen LogP) is 5.38. The van der Waals surface area contributed by atoms with Crippen LogP contribution in [0.4, 0.5) is 0 Å². The van der Waals surface area contributed by atoms with Crippen molar-refractivity contribution in [2.24, 2.45) is 11.8 Å². The van der Waals surface area contributed by atoms with Crippen molar-refractivity contribution < 1.29 is 22.4 Å². The van der Waals surface area contributed by atoms with Gasteiger partial charge in [0.05, 0.1) is 10.6 Å². The molecule has 1 heterocycles. The standard InChI is InChI=1S/C32H40O5SSi/c1-25(24-38(34,35)27-14-8-5-9-15-27)30-22-26(23-31(33)37-30)20-21-36-39(32(2,3)4,28-16-10-6-11-17-28)29-18-12-7-13-19-29/h5-19,25-26,30H,20-24H2,1-4H3/t25-,26-,30-/m1/s1. The van der Waals surface area contributed by atoms with Gasteiger partial charge in [0.15, 0.2) is 9.84 Å². The van der Waals surface area contributed by atoms with Crippen molar-refractivity contribution >= 4 is 34.5 Å². The van der Waals surface area contributed by atoms with Crippen LogP contribution in [0.3, 0.4) is 0 Å². The molecule has 7 heteroatoms. The van der Waals surface area contributed by atoms with Crippen LogP contribution in [-0.2, 0) is 23.8 Å². The van der Waals surface area contributed by atoms with Gasteiger partial charge in [-0.05, 0) is 46.3 Å². The first kappa shape index (κ1) is 29.2. The summed E-state index contributed by atoms with van der Waals surface area (Å²) in [5, 5.41) is 2.33. The van der Waals surface area contributed by atoms with E-state index in [4.69, 9.17) is 9.16 Å². The van der Waals surface area contributed by atoms with Crippen LogP contribution in [0, 0.1) is 11.8 Å². The van der Waals surface area contributed by atoms with E-state index in [1.807, 2.05) is 19.1 Å². The molecule has 1 aliphatic rings. The lowest BCUT2D eigenvalue weighted by Crippen LogP contribution is -2.66. The fourth-order valence-electron chi connectivity index (χ4n) is 5.80. The number of esters is 1. The Morgan fingerprint density at radius 1 is 0.897 bits per heavy atom. The van der Waals surface area contributed by atoms with Crippen molar-refractivity contribution in [2.75, 3.05) is 12.4 Å². The zero-order chi connectivity index (χ0) is 28.1. The average Bonchev–Trinajstić information content (AvgIpc) is 2.91. The van der Waals surface area contributed by atoms with E-state index in [0.717, 1.165) is 0 Å². The van der Waals surface area contributed by atoms with E-state index in [1.165, 1.54) is 10.4 Å². The van der Waals surface area contributed by atoms with E-state index >= 15 is 0 Å². The molecule has 0 bridgehead atoms. The van der Waals surface area contributed by atoms with Crippen LogP contribution in [-0.4, -0.2) is 41.2 Å². The maximum absolute atomic E-state index is 12.9. The lowest BCUT2D eigenvalue weighted by molar-refractivity contribution is -0.159. The highest BCUT2D eigenvalue weighted by Gasteiger charge is 2.50. The molecular weight excluding hydrogens is 525 g/mol. The normalized spacial score (nSPS) is 19.3. The van der Waals surface area contributed by atoms with Crippen molar-refractivity contribution in [2.45, 2.75) is 63.0 Å². The Bertz CT molecular complexity index is 1280. The van der Waals surface area contributed by atoms with Gasteiger partial charge in [0.25, 0.3) is 8.32 Å². The van der Waals surface area contributed by atoms with E-state index in [1.54, 1.807) is 30.3 Å². The van der Waals surface area contributed by atoms with Crippen molar-refractivity contribution in [1.82, 2.24) is 0 Å². The summed E-state index contributed by atoms with van der Waals surface area (Å²) in [6, 6.07) is 29.5. The monoisotopic (exact) mass is 564 g/mol. The van der Waals surface area contributed by atoms with Gasteiger partial charge in [-0.3, -0.25) is 4.79 Å². The average molecular weight is 565 g/mol. The molecule has 1 saturated heterocycles. The Balaban J connectivity index is 1.49. The SMILES string of the molecule is C[C@H](CS(=O)(=O)c1ccccc1)[C@H]1C[C@@H](CCO[Si](c2ccccc2)(c2ccccc2)C(C)(C)C)CC(=O)O1. The highest BCUT2D eigenvalue weighted by molar-refractivity contribution is 7.91. The number of hydrogen-bond donors (Lipinski definition) is 0. The number of carbonyl (C=O) groups is 1. The number of benzene rings is 3. The zero-order valence-electron chi connectivity index (χ0n) is 23.4. The van der Waals surface area contributed by atoms with Gasteiger partial charge < -0.3 is 9.16 Å². The largest absolute Gasteiger partial charge is 0.462 e. The summed E-state index contributed by atoms with van der Waals surface area (Å²) >= 11 is 0. The summed E-state index contributed by atoms with van der Waals surface area (Å²) in [6.45, 7) is 9.14. The summed E-state index contributed by atoms with van der Waals surface area (Å²) < 4.78 is 38.6. The molecule has 3 aromatic carbocycles. The third-order valence-electron chi connectivity index (χ3n) is 7.78. The molecule has 208 valence electrons. The van der Waals surface area contributed by atoms with E-state index < -0.39 is 24.3 Å². The molecule has 3 atom stereocenters. The molecule has 0 unspecified atom stereocenters. The second-order valence-electron chi connectivity index (χ2n) is 11.7. The molecule has 0 amide bonds. The predicted molar refractivity (Wildman–Crippen MR) is 158 cm³/mol. The van der Waals surface area contributed by atoms with Crippen molar-refractivity contribution in [3.05, 3.63) is 91.0 Å². The second-order valence-corrected chi connectivity index (χ2v) is 18.0. The van der Waals surface area contributed by atoms with Crippen LogP contribution in [0.2, 0.25) is 5.04 Å². The molecule has 5 nitrogen and oxygen atoms in total. The highest BCUT2D eigenvalue weighted by Crippen LogP contribution is 2.37. The van der Waals surface area contributed by atoms with Gasteiger partial charge in [0, 0.05) is 18.9 Å². The number of hydrogen-bond acceptors (Lipinski definition) is 5. The molecular formula is C32H40O5SSi. The second kappa shape index (κ2) is 12.2. The first-order valence-electron chi connectivity index (χ1n) is 13.8. The molecule has 1 aliphatic heterocycles. The van der Waals surface area contributed by atoms with Crippen LogP contribution in [0.25, 0.3) is 0 Å². The van der Waals surface area contributed by atoms with Gasteiger partial charge in [-0.15, -0.1) is 0 Å². The number of rotatable bonds is 10. The Hall–Kier alpha value is -2.74. The minimum absolute atomic E-state index is 0.0553. The third kappa shape index (κ3) is 6.71. The molecule has 4 rings (SSSR count). The number of sulfone groups is 1. The van der Waals surface area contributed by atoms with Crippen LogP contribution >= 0.6 is 0 Å². The van der Waals surface area contributed by atoms with Crippen LogP contribution in [0.15, 0.2) is 95.9 Å². The summed E-state index contributed by atoms with van der Waals surface area (Å²) in [7, 11) is -6.12. The van der Waals surface area contributed by atoms with Crippen molar-refractivity contribution in [1.29, 1.82) is 0 Å². The van der Waals surface area contributed by atoms with Gasteiger partial charge in [-0.25, -0.2) is 8.42 Å².